The number of anilines is 1. The average molecular weight is 381 g/mol. The number of aromatic nitrogens is 2. The van der Waals surface area contributed by atoms with Gasteiger partial charge in [0.25, 0.3) is 0 Å². The highest BCUT2D eigenvalue weighted by atomic mass is 35.5. The molecule has 0 aliphatic heterocycles. The molecule has 0 unspecified atom stereocenters. The molecule has 0 spiro atoms. The van der Waals surface area contributed by atoms with Crippen molar-refractivity contribution in [3.8, 4) is 0 Å². The van der Waals surface area contributed by atoms with Gasteiger partial charge < -0.3 is 5.21 Å². The fourth-order valence-electron chi connectivity index (χ4n) is 2.22. The van der Waals surface area contributed by atoms with E-state index in [1.807, 2.05) is 0 Å². The Morgan fingerprint density at radius 3 is 2.54 bits per heavy atom. The summed E-state index contributed by atoms with van der Waals surface area (Å²) in [6, 6.07) is 9.31. The number of rotatable bonds is 3. The molecule has 1 aromatic heterocycles. The number of alkyl halides is 3. The predicted molar refractivity (Wildman–Crippen MR) is 93.2 cm³/mol. The monoisotopic (exact) mass is 380 g/mol. The first-order chi connectivity index (χ1) is 12.2. The van der Waals surface area contributed by atoms with Crippen molar-refractivity contribution in [2.45, 2.75) is 6.18 Å². The molecular formula is C17H12ClF3N4O. The summed E-state index contributed by atoms with van der Waals surface area (Å²) in [6.07, 6.45) is -1.77. The fraction of sp³-hybridized carbons (Fsp3) is 0.118. The van der Waals surface area contributed by atoms with Crippen molar-refractivity contribution in [1.82, 2.24) is 4.98 Å². The lowest BCUT2D eigenvalue weighted by Gasteiger charge is -2.12. The number of hydrazone groups is 1. The minimum atomic E-state index is -4.38. The summed E-state index contributed by atoms with van der Waals surface area (Å²) < 4.78 is 38.3. The Balaban J connectivity index is 1.83. The van der Waals surface area contributed by atoms with Crippen molar-refractivity contribution in [3.63, 3.8) is 0 Å². The molecule has 0 aliphatic rings. The second kappa shape index (κ2) is 6.80. The zero-order valence-corrected chi connectivity index (χ0v) is 14.2. The Labute approximate surface area is 151 Å². The highest BCUT2D eigenvalue weighted by molar-refractivity contribution is 6.31. The molecule has 26 heavy (non-hydrogen) atoms. The van der Waals surface area contributed by atoms with Crippen LogP contribution in [0.25, 0.3) is 11.0 Å². The summed E-state index contributed by atoms with van der Waals surface area (Å²) in [6.45, 7) is 0. The number of nitrogens with zero attached hydrogens (tertiary/aromatic N) is 4. The Kier molecular flexibility index (Phi) is 4.69. The number of fused-ring (bicyclic) bond motifs is 1. The SMILES string of the molecule is CN(/N=C/c1ccc(C(F)(F)F)cc1)c1c[n+]([O-])c2cc(Cl)ccc2n1. The lowest BCUT2D eigenvalue weighted by Crippen LogP contribution is -2.29. The van der Waals surface area contributed by atoms with Crippen LogP contribution >= 0.6 is 11.6 Å². The van der Waals surface area contributed by atoms with Crippen LogP contribution in [-0.4, -0.2) is 18.2 Å². The van der Waals surface area contributed by atoms with E-state index >= 15 is 0 Å². The molecule has 1 heterocycles. The summed E-state index contributed by atoms with van der Waals surface area (Å²) in [5.74, 6) is 0.276. The number of benzene rings is 2. The largest absolute Gasteiger partial charge is 0.618 e. The lowest BCUT2D eigenvalue weighted by atomic mass is 10.1. The van der Waals surface area contributed by atoms with E-state index < -0.39 is 11.7 Å². The van der Waals surface area contributed by atoms with E-state index in [1.165, 1.54) is 35.6 Å². The molecule has 0 atom stereocenters. The second-order valence-electron chi connectivity index (χ2n) is 5.45. The molecular weight excluding hydrogens is 369 g/mol. The van der Waals surface area contributed by atoms with Crippen LogP contribution in [0.1, 0.15) is 11.1 Å². The van der Waals surface area contributed by atoms with Gasteiger partial charge in [0, 0.05) is 18.1 Å². The molecule has 2 aromatic carbocycles. The van der Waals surface area contributed by atoms with E-state index in [0.717, 1.165) is 12.1 Å². The molecule has 5 nitrogen and oxygen atoms in total. The van der Waals surface area contributed by atoms with Gasteiger partial charge in [0.05, 0.1) is 11.8 Å². The molecule has 0 radical (unpaired) electrons. The number of hydrogen-bond donors (Lipinski definition) is 0. The van der Waals surface area contributed by atoms with Crippen molar-refractivity contribution in [1.29, 1.82) is 0 Å². The van der Waals surface area contributed by atoms with Crippen molar-refractivity contribution in [2.24, 2.45) is 5.10 Å². The Morgan fingerprint density at radius 2 is 1.88 bits per heavy atom. The zero-order valence-electron chi connectivity index (χ0n) is 13.4. The number of halogens is 4. The van der Waals surface area contributed by atoms with Crippen LogP contribution in [0, 0.1) is 5.21 Å². The van der Waals surface area contributed by atoms with E-state index in [2.05, 4.69) is 10.1 Å². The van der Waals surface area contributed by atoms with E-state index in [0.29, 0.717) is 26.3 Å². The smallest absolute Gasteiger partial charge is 0.416 e. The first kappa shape index (κ1) is 17.9. The minimum absolute atomic E-state index is 0.276. The quantitative estimate of drug-likeness (QED) is 0.298. The third kappa shape index (κ3) is 3.85. The van der Waals surface area contributed by atoms with E-state index in [1.54, 1.807) is 19.2 Å². The molecule has 0 N–H and O–H groups in total. The van der Waals surface area contributed by atoms with Gasteiger partial charge in [-0.3, -0.25) is 0 Å². The van der Waals surface area contributed by atoms with Crippen LogP contribution in [-0.2, 0) is 6.18 Å². The van der Waals surface area contributed by atoms with Crippen LogP contribution in [0.3, 0.4) is 0 Å². The first-order valence-corrected chi connectivity index (χ1v) is 7.76. The molecule has 3 rings (SSSR count). The Hall–Kier alpha value is -2.87. The molecule has 0 aliphatic carbocycles. The average Bonchev–Trinajstić information content (AvgIpc) is 2.59. The topological polar surface area (TPSA) is 55.4 Å². The van der Waals surface area contributed by atoms with Crippen LogP contribution in [0.5, 0.6) is 0 Å². The molecule has 0 bridgehead atoms. The Bertz CT molecular complexity index is 974. The van der Waals surface area contributed by atoms with Gasteiger partial charge in [-0.15, -0.1) is 0 Å². The molecule has 0 saturated heterocycles. The number of hydrogen-bond acceptors (Lipinski definition) is 4. The van der Waals surface area contributed by atoms with Gasteiger partial charge in [-0.05, 0) is 29.8 Å². The summed E-state index contributed by atoms with van der Waals surface area (Å²) in [5, 5.41) is 18.0. The lowest BCUT2D eigenvalue weighted by molar-refractivity contribution is -0.576. The highest BCUT2D eigenvalue weighted by Gasteiger charge is 2.29. The van der Waals surface area contributed by atoms with Gasteiger partial charge in [0.1, 0.15) is 5.52 Å². The van der Waals surface area contributed by atoms with Crippen molar-refractivity contribution < 1.29 is 17.9 Å². The van der Waals surface area contributed by atoms with E-state index in [-0.39, 0.29) is 5.82 Å². The minimum Gasteiger partial charge on any atom is -0.618 e. The van der Waals surface area contributed by atoms with E-state index in [9.17, 15) is 18.4 Å². The molecule has 134 valence electrons. The van der Waals surface area contributed by atoms with Gasteiger partial charge in [-0.25, -0.2) is 9.99 Å². The molecule has 3 aromatic rings. The summed E-state index contributed by atoms with van der Waals surface area (Å²) >= 11 is 5.87. The summed E-state index contributed by atoms with van der Waals surface area (Å²) in [5.41, 5.74) is 0.512. The maximum absolute atomic E-state index is 12.6. The van der Waals surface area contributed by atoms with Gasteiger partial charge in [-0.1, -0.05) is 23.7 Å². The normalized spacial score (nSPS) is 12.0. The van der Waals surface area contributed by atoms with Crippen LogP contribution in [0.2, 0.25) is 5.02 Å². The van der Waals surface area contributed by atoms with Gasteiger partial charge >= 0.3 is 6.18 Å². The van der Waals surface area contributed by atoms with Crippen LogP contribution < -0.4 is 9.74 Å². The van der Waals surface area contributed by atoms with Gasteiger partial charge in [-0.2, -0.15) is 23.0 Å². The zero-order chi connectivity index (χ0) is 18.9. The Morgan fingerprint density at radius 1 is 1.19 bits per heavy atom. The van der Waals surface area contributed by atoms with E-state index in [4.69, 9.17) is 11.6 Å². The standard InChI is InChI=1S/C17H12ClF3N4O/c1-24(22-9-11-2-4-12(5-3-11)17(19,20)21)16-10-25(26)15-8-13(18)6-7-14(15)23-16/h2-10H,1H3/b22-9+. The van der Waals surface area contributed by atoms with Crippen molar-refractivity contribution >= 4 is 34.7 Å². The first-order valence-electron chi connectivity index (χ1n) is 7.38. The molecule has 9 heteroatoms. The summed E-state index contributed by atoms with van der Waals surface area (Å²) in [4.78, 5) is 4.32. The van der Waals surface area contributed by atoms with Crippen LogP contribution in [0.4, 0.5) is 19.0 Å². The maximum Gasteiger partial charge on any atom is 0.416 e. The summed E-state index contributed by atoms with van der Waals surface area (Å²) in [7, 11) is 1.57. The third-order valence-electron chi connectivity index (χ3n) is 3.59. The third-order valence-corrected chi connectivity index (χ3v) is 3.83. The van der Waals surface area contributed by atoms with Crippen molar-refractivity contribution in [3.05, 3.63) is 70.0 Å². The molecule has 0 amide bonds. The van der Waals surface area contributed by atoms with Crippen molar-refractivity contribution in [2.75, 3.05) is 12.1 Å². The highest BCUT2D eigenvalue weighted by Crippen LogP contribution is 2.28. The molecule has 0 saturated carbocycles. The fourth-order valence-corrected chi connectivity index (χ4v) is 2.39. The van der Waals surface area contributed by atoms with Gasteiger partial charge in [0.2, 0.25) is 17.5 Å². The second-order valence-corrected chi connectivity index (χ2v) is 5.88. The van der Waals surface area contributed by atoms with Gasteiger partial charge in [0.15, 0.2) is 0 Å². The maximum atomic E-state index is 12.6. The predicted octanol–water partition coefficient (Wildman–Crippen LogP) is 4.01. The van der Waals surface area contributed by atoms with Crippen LogP contribution in [0.15, 0.2) is 53.8 Å². The molecule has 0 fully saturated rings.